The van der Waals surface area contributed by atoms with Gasteiger partial charge in [0, 0.05) is 25.0 Å². The predicted octanol–water partition coefficient (Wildman–Crippen LogP) is 3.09. The van der Waals surface area contributed by atoms with E-state index in [1.54, 1.807) is 13.0 Å². The first-order chi connectivity index (χ1) is 10.1. The first-order valence-corrected chi connectivity index (χ1v) is 7.88. The van der Waals surface area contributed by atoms with Gasteiger partial charge >= 0.3 is 0 Å². The number of carbonyl (C=O) groups is 1. The van der Waals surface area contributed by atoms with Gasteiger partial charge in [-0.05, 0) is 55.7 Å². The van der Waals surface area contributed by atoms with Crippen LogP contribution in [0.1, 0.15) is 43.2 Å². The molecule has 3 rings (SSSR count). The molecule has 2 N–H and O–H groups in total. The van der Waals surface area contributed by atoms with Crippen LogP contribution in [0.5, 0.6) is 0 Å². The van der Waals surface area contributed by atoms with Crippen molar-refractivity contribution in [2.75, 3.05) is 0 Å². The second-order valence-corrected chi connectivity index (χ2v) is 6.54. The van der Waals surface area contributed by atoms with E-state index in [9.17, 15) is 9.18 Å². The summed E-state index contributed by atoms with van der Waals surface area (Å²) in [5.41, 5.74) is 1.45. The molecule has 2 saturated heterocycles. The minimum Gasteiger partial charge on any atom is -0.352 e. The fraction of sp³-hybridized carbons (Fsp3) is 0.588. The summed E-state index contributed by atoms with van der Waals surface area (Å²) in [7, 11) is 0. The second kappa shape index (κ2) is 7.42. The first-order valence-electron chi connectivity index (χ1n) is 7.88. The lowest BCUT2D eigenvalue weighted by Crippen LogP contribution is -2.39. The van der Waals surface area contributed by atoms with E-state index in [-0.39, 0.29) is 24.1 Å². The first kappa shape index (κ1) is 17.2. The Morgan fingerprint density at radius 3 is 2.64 bits per heavy atom. The third-order valence-corrected chi connectivity index (χ3v) is 4.77. The summed E-state index contributed by atoms with van der Waals surface area (Å²) in [6.45, 7) is 2.15. The van der Waals surface area contributed by atoms with Gasteiger partial charge in [-0.3, -0.25) is 4.79 Å². The van der Waals surface area contributed by atoms with Crippen LogP contribution in [0.4, 0.5) is 4.39 Å². The minimum atomic E-state index is -0.211. The molecule has 2 aliphatic heterocycles. The van der Waals surface area contributed by atoms with Gasteiger partial charge < -0.3 is 10.6 Å². The Hall–Kier alpha value is -1.13. The van der Waals surface area contributed by atoms with Crippen molar-refractivity contribution in [3.05, 3.63) is 35.1 Å². The summed E-state index contributed by atoms with van der Waals surface area (Å²) >= 11 is 0. The molecule has 0 radical (unpaired) electrons. The van der Waals surface area contributed by atoms with Gasteiger partial charge in [-0.1, -0.05) is 12.1 Å². The van der Waals surface area contributed by atoms with E-state index in [0.717, 1.165) is 18.4 Å². The van der Waals surface area contributed by atoms with Crippen LogP contribution < -0.4 is 10.6 Å². The highest BCUT2D eigenvalue weighted by Crippen LogP contribution is 2.32. The summed E-state index contributed by atoms with van der Waals surface area (Å²) in [6, 6.07) is 6.35. The Bertz CT molecular complexity index is 525. The zero-order valence-electron chi connectivity index (χ0n) is 12.9. The van der Waals surface area contributed by atoms with Crippen LogP contribution in [0.2, 0.25) is 0 Å². The molecule has 2 atom stereocenters. The predicted molar refractivity (Wildman–Crippen MR) is 87.5 cm³/mol. The molecule has 0 aromatic heterocycles. The van der Waals surface area contributed by atoms with Crippen LogP contribution in [-0.2, 0) is 11.3 Å². The Morgan fingerprint density at radius 2 is 2.00 bits per heavy atom. The van der Waals surface area contributed by atoms with E-state index in [2.05, 4.69) is 10.6 Å². The minimum absolute atomic E-state index is 0. The highest BCUT2D eigenvalue weighted by Gasteiger charge is 2.34. The number of piperidine rings is 1. The molecule has 1 amide bonds. The lowest BCUT2D eigenvalue weighted by atomic mass is 9.89. The molecule has 1 aromatic rings. The number of hydrogen-bond donors (Lipinski definition) is 2. The molecule has 2 fully saturated rings. The lowest BCUT2D eigenvalue weighted by molar-refractivity contribution is -0.122. The maximum atomic E-state index is 13.4. The van der Waals surface area contributed by atoms with Gasteiger partial charge in [-0.15, -0.1) is 12.4 Å². The van der Waals surface area contributed by atoms with Crippen molar-refractivity contribution >= 4 is 18.3 Å². The number of amides is 1. The number of nitrogens with one attached hydrogen (secondary N) is 2. The van der Waals surface area contributed by atoms with Gasteiger partial charge in [0.15, 0.2) is 0 Å². The van der Waals surface area contributed by atoms with Crippen LogP contribution in [0.3, 0.4) is 0 Å². The number of hydrogen-bond acceptors (Lipinski definition) is 2. The van der Waals surface area contributed by atoms with E-state index >= 15 is 0 Å². The topological polar surface area (TPSA) is 41.1 Å². The number of halogens is 2. The van der Waals surface area contributed by atoms with Gasteiger partial charge in [0.2, 0.25) is 5.91 Å². The van der Waals surface area contributed by atoms with Crippen molar-refractivity contribution in [1.29, 1.82) is 0 Å². The Labute approximate surface area is 137 Å². The van der Waals surface area contributed by atoms with Crippen LogP contribution in [0.15, 0.2) is 18.2 Å². The van der Waals surface area contributed by atoms with E-state index in [4.69, 9.17) is 0 Å². The maximum absolute atomic E-state index is 13.4. The number of benzene rings is 1. The highest BCUT2D eigenvalue weighted by atomic mass is 35.5. The molecule has 0 saturated carbocycles. The van der Waals surface area contributed by atoms with Crippen LogP contribution >= 0.6 is 12.4 Å². The fourth-order valence-electron chi connectivity index (χ4n) is 3.62. The lowest BCUT2D eigenvalue weighted by Gasteiger charge is -2.28. The standard InChI is InChI=1S/C17H23FN2O.ClH/c1-11-2-3-12(8-16(11)18)10-19-17(21)9-13-6-14-4-5-15(7-13)20-14;/h2-3,8,13-15,20H,4-7,9-10H2,1H3,(H,19,21);1H. The zero-order valence-corrected chi connectivity index (χ0v) is 13.7. The average Bonchev–Trinajstić information content (AvgIpc) is 2.79. The van der Waals surface area contributed by atoms with Crippen molar-refractivity contribution in [2.45, 2.75) is 57.7 Å². The molecule has 0 aliphatic carbocycles. The number of fused-ring (bicyclic) bond motifs is 2. The van der Waals surface area contributed by atoms with Crippen molar-refractivity contribution in [1.82, 2.24) is 10.6 Å². The highest BCUT2D eigenvalue weighted by molar-refractivity contribution is 5.85. The molecule has 5 heteroatoms. The molecule has 2 aliphatic rings. The SMILES string of the molecule is Cc1ccc(CNC(=O)CC2CC3CCC(C2)N3)cc1F.Cl. The molecule has 3 nitrogen and oxygen atoms in total. The van der Waals surface area contributed by atoms with Crippen LogP contribution in [0.25, 0.3) is 0 Å². The monoisotopic (exact) mass is 326 g/mol. The summed E-state index contributed by atoms with van der Waals surface area (Å²) in [5.74, 6) is 0.373. The molecule has 122 valence electrons. The molecule has 2 unspecified atom stereocenters. The molecule has 1 aromatic carbocycles. The smallest absolute Gasteiger partial charge is 0.220 e. The summed E-state index contributed by atoms with van der Waals surface area (Å²) in [4.78, 5) is 12.0. The second-order valence-electron chi connectivity index (χ2n) is 6.54. The quantitative estimate of drug-likeness (QED) is 0.892. The molecular formula is C17H24ClFN2O. The third-order valence-electron chi connectivity index (χ3n) is 4.77. The van der Waals surface area contributed by atoms with Crippen LogP contribution in [-0.4, -0.2) is 18.0 Å². The molecule has 22 heavy (non-hydrogen) atoms. The van der Waals surface area contributed by atoms with Gasteiger partial charge in [0.1, 0.15) is 5.82 Å². The number of rotatable bonds is 4. The summed E-state index contributed by atoms with van der Waals surface area (Å²) in [6.07, 6.45) is 5.34. The van der Waals surface area contributed by atoms with Crippen LogP contribution in [0, 0.1) is 18.7 Å². The molecular weight excluding hydrogens is 303 g/mol. The average molecular weight is 327 g/mol. The largest absolute Gasteiger partial charge is 0.352 e. The molecule has 2 heterocycles. The van der Waals surface area contributed by atoms with Crippen molar-refractivity contribution in [3.63, 3.8) is 0 Å². The van der Waals surface area contributed by atoms with E-state index < -0.39 is 0 Å². The third kappa shape index (κ3) is 4.20. The van der Waals surface area contributed by atoms with E-state index in [1.165, 1.54) is 18.9 Å². The van der Waals surface area contributed by atoms with Gasteiger partial charge in [0.05, 0.1) is 0 Å². The maximum Gasteiger partial charge on any atom is 0.220 e. The Kier molecular flexibility index (Phi) is 5.81. The van der Waals surface area contributed by atoms with Gasteiger partial charge in [-0.25, -0.2) is 4.39 Å². The van der Waals surface area contributed by atoms with Crippen molar-refractivity contribution in [2.24, 2.45) is 5.92 Å². The van der Waals surface area contributed by atoms with E-state index in [0.29, 0.717) is 36.5 Å². The zero-order chi connectivity index (χ0) is 14.8. The molecule has 0 spiro atoms. The van der Waals surface area contributed by atoms with E-state index in [1.807, 2.05) is 6.07 Å². The Morgan fingerprint density at radius 1 is 1.32 bits per heavy atom. The summed E-state index contributed by atoms with van der Waals surface area (Å²) < 4.78 is 13.4. The number of aryl methyl sites for hydroxylation is 1. The van der Waals surface area contributed by atoms with Gasteiger partial charge in [0.25, 0.3) is 0 Å². The normalized spacial score (nSPS) is 26.4. The summed E-state index contributed by atoms with van der Waals surface area (Å²) in [5, 5.41) is 6.51. The Balaban J connectivity index is 0.00000176. The van der Waals surface area contributed by atoms with Gasteiger partial charge in [-0.2, -0.15) is 0 Å². The fourth-order valence-corrected chi connectivity index (χ4v) is 3.62. The van der Waals surface area contributed by atoms with Crippen molar-refractivity contribution in [3.8, 4) is 0 Å². The number of carbonyl (C=O) groups excluding carboxylic acids is 1. The van der Waals surface area contributed by atoms with Crippen molar-refractivity contribution < 1.29 is 9.18 Å². The molecule has 2 bridgehead atoms.